The topological polar surface area (TPSA) is 76.4 Å². The normalized spacial score (nSPS) is 11.7. The highest BCUT2D eigenvalue weighted by atomic mass is 16.5. The Bertz CT molecular complexity index is 390. The van der Waals surface area contributed by atoms with Crippen molar-refractivity contribution in [1.29, 1.82) is 0 Å². The second kappa shape index (κ2) is 10.2. The zero-order valence-corrected chi connectivity index (χ0v) is 12.7. The van der Waals surface area contributed by atoms with E-state index in [1.807, 2.05) is 0 Å². The molecule has 0 aliphatic carbocycles. The molecule has 0 unspecified atom stereocenters. The van der Waals surface area contributed by atoms with E-state index in [1.165, 1.54) is 0 Å². The first-order valence-electron chi connectivity index (χ1n) is 7.19. The Morgan fingerprint density at radius 1 is 1.40 bits per heavy atom. The van der Waals surface area contributed by atoms with Crippen LogP contribution in [0.2, 0.25) is 0 Å². The predicted octanol–water partition coefficient (Wildman–Crippen LogP) is 0.432. The van der Waals surface area contributed by atoms with E-state index < -0.39 is 0 Å². The van der Waals surface area contributed by atoms with Gasteiger partial charge in [-0.25, -0.2) is 0 Å². The molecule has 7 nitrogen and oxygen atoms in total. The number of aliphatic imine (C=N–C) groups is 1. The molecule has 7 heteroatoms. The number of hydrogen-bond donors (Lipinski definition) is 2. The molecule has 0 amide bonds. The quantitative estimate of drug-likeness (QED) is 0.390. The fourth-order valence-corrected chi connectivity index (χ4v) is 1.78. The summed E-state index contributed by atoms with van der Waals surface area (Å²) in [5, 5.41) is 14.5. The van der Waals surface area contributed by atoms with Crippen LogP contribution in [0.25, 0.3) is 0 Å². The molecule has 0 bridgehead atoms. The molecule has 0 aliphatic rings. The third-order valence-corrected chi connectivity index (χ3v) is 2.78. The van der Waals surface area contributed by atoms with Crippen molar-refractivity contribution in [3.63, 3.8) is 0 Å². The van der Waals surface area contributed by atoms with E-state index in [-0.39, 0.29) is 0 Å². The summed E-state index contributed by atoms with van der Waals surface area (Å²) in [7, 11) is 1.71. The maximum Gasteiger partial charge on any atom is 0.191 e. The fraction of sp³-hybridized carbons (Fsp3) is 0.769. The summed E-state index contributed by atoms with van der Waals surface area (Å²) in [5.41, 5.74) is 0. The van der Waals surface area contributed by atoms with Crippen LogP contribution >= 0.6 is 0 Å². The zero-order chi connectivity index (χ0) is 14.6. The number of guanidine groups is 1. The minimum atomic E-state index is 0.740. The van der Waals surface area contributed by atoms with Crippen LogP contribution in [0, 0.1) is 0 Å². The molecule has 1 aromatic rings. The van der Waals surface area contributed by atoms with Crippen molar-refractivity contribution in [3.05, 3.63) is 12.2 Å². The zero-order valence-electron chi connectivity index (χ0n) is 12.7. The summed E-state index contributed by atoms with van der Waals surface area (Å²) in [4.78, 5) is 4.49. The second-order valence-corrected chi connectivity index (χ2v) is 4.33. The summed E-state index contributed by atoms with van der Waals surface area (Å²) in [6.07, 6.45) is 3.59. The van der Waals surface area contributed by atoms with Crippen LogP contribution in [0.4, 0.5) is 0 Å². The highest BCUT2D eigenvalue weighted by molar-refractivity contribution is 5.79. The molecule has 0 radical (unpaired) electrons. The number of rotatable bonds is 9. The molecule has 20 heavy (non-hydrogen) atoms. The number of nitrogens with zero attached hydrogens (tertiary/aromatic N) is 4. The highest BCUT2D eigenvalue weighted by Crippen LogP contribution is 1.94. The number of ether oxygens (including phenoxy) is 1. The van der Waals surface area contributed by atoms with Crippen LogP contribution in [0.1, 0.15) is 26.1 Å². The summed E-state index contributed by atoms with van der Waals surface area (Å²) in [6.45, 7) is 8.11. The molecular formula is C13H26N6O. The molecule has 1 heterocycles. The Labute approximate surface area is 120 Å². The van der Waals surface area contributed by atoms with E-state index in [1.54, 1.807) is 13.4 Å². The van der Waals surface area contributed by atoms with Crippen LogP contribution in [0.5, 0.6) is 0 Å². The Hall–Kier alpha value is -1.63. The van der Waals surface area contributed by atoms with Gasteiger partial charge in [-0.1, -0.05) is 6.92 Å². The molecule has 0 aliphatic heterocycles. The summed E-state index contributed by atoms with van der Waals surface area (Å²) >= 11 is 0. The number of aromatic nitrogens is 3. The van der Waals surface area contributed by atoms with E-state index in [0.717, 1.165) is 57.4 Å². The van der Waals surface area contributed by atoms with Gasteiger partial charge in [0.25, 0.3) is 0 Å². The van der Waals surface area contributed by atoms with Crippen LogP contribution < -0.4 is 10.6 Å². The highest BCUT2D eigenvalue weighted by Gasteiger charge is 2.01. The molecule has 0 aromatic carbocycles. The van der Waals surface area contributed by atoms with Gasteiger partial charge in [0.15, 0.2) is 5.96 Å². The molecule has 1 aromatic heterocycles. The van der Waals surface area contributed by atoms with Crippen LogP contribution in [-0.2, 0) is 17.7 Å². The Kier molecular flexibility index (Phi) is 8.37. The lowest BCUT2D eigenvalue weighted by Crippen LogP contribution is -2.39. The predicted molar refractivity (Wildman–Crippen MR) is 79.9 cm³/mol. The van der Waals surface area contributed by atoms with Gasteiger partial charge in [-0.05, 0) is 13.3 Å². The monoisotopic (exact) mass is 282 g/mol. The molecule has 0 saturated heterocycles. The smallest absolute Gasteiger partial charge is 0.191 e. The van der Waals surface area contributed by atoms with Gasteiger partial charge in [0.2, 0.25) is 0 Å². The fourth-order valence-electron chi connectivity index (χ4n) is 1.78. The summed E-state index contributed by atoms with van der Waals surface area (Å²) in [5.74, 6) is 1.85. The third-order valence-electron chi connectivity index (χ3n) is 2.78. The number of nitrogens with one attached hydrogen (secondary N) is 2. The lowest BCUT2D eigenvalue weighted by atomic mass is 10.4. The number of aryl methyl sites for hydroxylation is 1. The molecule has 0 saturated carbocycles. The first-order valence-corrected chi connectivity index (χ1v) is 7.19. The van der Waals surface area contributed by atoms with Crippen LogP contribution in [0.15, 0.2) is 11.3 Å². The minimum Gasteiger partial charge on any atom is -0.385 e. The standard InChI is InChI=1S/C13H26N6O/c1-4-12-18-17-11-19(12)9-8-16-13(14-5-2)15-7-6-10-20-3/h11H,4-10H2,1-3H3,(H2,14,15,16). The van der Waals surface area contributed by atoms with Gasteiger partial charge in [-0.2, -0.15) is 0 Å². The van der Waals surface area contributed by atoms with Crippen LogP contribution in [0.3, 0.4) is 0 Å². The first kappa shape index (κ1) is 16.4. The van der Waals surface area contributed by atoms with Crippen molar-refractivity contribution in [3.8, 4) is 0 Å². The first-order chi connectivity index (χ1) is 9.81. The van der Waals surface area contributed by atoms with Gasteiger partial charge in [0.05, 0.1) is 0 Å². The van der Waals surface area contributed by atoms with E-state index in [4.69, 9.17) is 4.74 Å². The van der Waals surface area contributed by atoms with Crippen molar-refractivity contribution in [1.82, 2.24) is 25.4 Å². The van der Waals surface area contributed by atoms with Crippen molar-refractivity contribution >= 4 is 5.96 Å². The number of hydrogen-bond acceptors (Lipinski definition) is 4. The van der Waals surface area contributed by atoms with Gasteiger partial charge in [-0.15, -0.1) is 10.2 Å². The Morgan fingerprint density at radius 2 is 2.25 bits per heavy atom. The average Bonchev–Trinajstić information content (AvgIpc) is 2.91. The molecular weight excluding hydrogens is 256 g/mol. The molecule has 114 valence electrons. The Balaban J connectivity index is 2.34. The van der Waals surface area contributed by atoms with Gasteiger partial charge in [-0.3, -0.25) is 4.99 Å². The molecule has 2 N–H and O–H groups in total. The number of methoxy groups -OCH3 is 1. The minimum absolute atomic E-state index is 0.740. The van der Waals surface area contributed by atoms with E-state index >= 15 is 0 Å². The van der Waals surface area contributed by atoms with E-state index in [2.05, 4.69) is 44.2 Å². The SMILES string of the molecule is CCNC(=NCCCOC)NCCn1cnnc1CC. The van der Waals surface area contributed by atoms with Crippen molar-refractivity contribution < 1.29 is 4.74 Å². The van der Waals surface area contributed by atoms with Crippen molar-refractivity contribution in [2.24, 2.45) is 4.99 Å². The Morgan fingerprint density at radius 3 is 2.95 bits per heavy atom. The summed E-state index contributed by atoms with van der Waals surface area (Å²) in [6, 6.07) is 0. The lowest BCUT2D eigenvalue weighted by Gasteiger charge is -2.12. The molecule has 0 atom stereocenters. The average molecular weight is 282 g/mol. The van der Waals surface area contributed by atoms with Crippen molar-refractivity contribution in [2.45, 2.75) is 33.2 Å². The molecule has 0 fully saturated rings. The van der Waals surface area contributed by atoms with E-state index in [0.29, 0.717) is 0 Å². The maximum absolute atomic E-state index is 5.01. The largest absolute Gasteiger partial charge is 0.385 e. The van der Waals surface area contributed by atoms with Gasteiger partial charge < -0.3 is 19.9 Å². The third kappa shape index (κ3) is 6.01. The van der Waals surface area contributed by atoms with Crippen LogP contribution in [-0.4, -0.2) is 54.1 Å². The second-order valence-electron chi connectivity index (χ2n) is 4.33. The maximum atomic E-state index is 5.01. The molecule has 0 spiro atoms. The van der Waals surface area contributed by atoms with Gasteiger partial charge in [0, 0.05) is 46.3 Å². The molecule has 1 rings (SSSR count). The van der Waals surface area contributed by atoms with E-state index in [9.17, 15) is 0 Å². The van der Waals surface area contributed by atoms with Gasteiger partial charge >= 0.3 is 0 Å². The van der Waals surface area contributed by atoms with Crippen molar-refractivity contribution in [2.75, 3.05) is 33.4 Å². The summed E-state index contributed by atoms with van der Waals surface area (Å²) < 4.78 is 7.07. The van der Waals surface area contributed by atoms with Gasteiger partial charge in [0.1, 0.15) is 12.2 Å². The lowest BCUT2D eigenvalue weighted by molar-refractivity contribution is 0.197.